The first-order valence-corrected chi connectivity index (χ1v) is 14.0. The summed E-state index contributed by atoms with van der Waals surface area (Å²) in [6, 6.07) is 0. The Kier molecular flexibility index (Phi) is 5.11. The van der Waals surface area contributed by atoms with E-state index in [-0.39, 0.29) is 24.0 Å². The van der Waals surface area contributed by atoms with Gasteiger partial charge in [-0.2, -0.15) is 0 Å². The summed E-state index contributed by atoms with van der Waals surface area (Å²) >= 11 is 0. The highest BCUT2D eigenvalue weighted by atomic mass is 16.3. The van der Waals surface area contributed by atoms with Crippen LogP contribution < -0.4 is 5.32 Å². The molecule has 0 aromatic heterocycles. The number of allylic oxidation sites excluding steroid dienone is 11. The molecule has 7 heteroatoms. The van der Waals surface area contributed by atoms with Crippen molar-refractivity contribution >= 4 is 22.9 Å². The maximum atomic E-state index is 13.4. The molecule has 0 radical (unpaired) electrons. The Morgan fingerprint density at radius 1 is 1.07 bits per heavy atom. The standard InChI is InChI=1S/C33H32N4O3/c1-7-18-14(3)21-11-23-16(5)20-9-10-27(38)33(40)29(30(20)36-23)31-28(32(33)39)17(6)24(37-31)13-26-19(8-2)15(4)22(35-26)12-25(18)34-21/h7,11-13,16,20,36,39-40H,1,8-10H2,2-6H3. The number of carbonyl (C=O) groups excluding carboxylic acids is 1. The predicted octanol–water partition coefficient (Wildman–Crippen LogP) is 5.55. The number of hydrogen-bond acceptors (Lipinski definition) is 7. The molecule has 5 aliphatic heterocycles. The topological polar surface area (TPSA) is 107 Å². The second kappa shape index (κ2) is 8.21. The summed E-state index contributed by atoms with van der Waals surface area (Å²) in [6.07, 6.45) is 9.42. The molecule has 3 unspecified atom stereocenters. The first kappa shape index (κ1) is 24.9. The summed E-state index contributed by atoms with van der Waals surface area (Å²) in [4.78, 5) is 28.4. The lowest BCUT2D eigenvalue weighted by atomic mass is 9.87. The third-order valence-corrected chi connectivity index (χ3v) is 9.59. The van der Waals surface area contributed by atoms with Gasteiger partial charge in [0.15, 0.2) is 5.78 Å². The van der Waals surface area contributed by atoms with Crippen LogP contribution in [0, 0.1) is 11.8 Å². The van der Waals surface area contributed by atoms with Gasteiger partial charge in [0.25, 0.3) is 0 Å². The molecule has 5 heterocycles. The van der Waals surface area contributed by atoms with Crippen molar-refractivity contribution in [1.82, 2.24) is 5.32 Å². The average molecular weight is 533 g/mol. The van der Waals surface area contributed by atoms with E-state index in [4.69, 9.17) is 15.0 Å². The van der Waals surface area contributed by atoms with E-state index >= 15 is 0 Å². The van der Waals surface area contributed by atoms with Crippen molar-refractivity contribution in [1.29, 1.82) is 0 Å². The van der Waals surface area contributed by atoms with Crippen molar-refractivity contribution in [3.8, 4) is 0 Å². The number of rotatable bonds is 2. The van der Waals surface area contributed by atoms with Crippen LogP contribution in [0.25, 0.3) is 0 Å². The average Bonchev–Trinajstić information content (AvgIpc) is 3.62. The number of fused-ring (bicyclic) bond motifs is 4. The Balaban J connectivity index is 1.57. The first-order valence-electron chi connectivity index (χ1n) is 14.0. The number of aliphatic hydroxyl groups is 2. The fourth-order valence-corrected chi connectivity index (χ4v) is 7.20. The summed E-state index contributed by atoms with van der Waals surface area (Å²) in [5.74, 6) is -0.704. The minimum absolute atomic E-state index is 0.0357. The number of aliphatic imine (C=N–C) groups is 3. The van der Waals surface area contributed by atoms with E-state index < -0.39 is 11.4 Å². The molecule has 1 saturated heterocycles. The van der Waals surface area contributed by atoms with Gasteiger partial charge >= 0.3 is 0 Å². The van der Waals surface area contributed by atoms with Crippen LogP contribution in [0.4, 0.5) is 0 Å². The van der Waals surface area contributed by atoms with Crippen LogP contribution in [0.15, 0.2) is 119 Å². The number of aliphatic hydroxyl groups excluding tert-OH is 1. The van der Waals surface area contributed by atoms with Gasteiger partial charge in [-0.15, -0.1) is 0 Å². The van der Waals surface area contributed by atoms with Gasteiger partial charge in [-0.1, -0.05) is 26.5 Å². The molecule has 1 fully saturated rings. The predicted molar refractivity (Wildman–Crippen MR) is 157 cm³/mol. The minimum Gasteiger partial charge on any atom is -0.508 e. The minimum atomic E-state index is -2.11. The molecular weight excluding hydrogens is 500 g/mol. The van der Waals surface area contributed by atoms with E-state index in [9.17, 15) is 15.0 Å². The lowest BCUT2D eigenvalue weighted by molar-refractivity contribution is -0.132. The Morgan fingerprint density at radius 2 is 1.80 bits per heavy atom. The quantitative estimate of drug-likeness (QED) is 0.434. The second-order valence-electron chi connectivity index (χ2n) is 11.5. The molecule has 40 heavy (non-hydrogen) atoms. The van der Waals surface area contributed by atoms with Gasteiger partial charge in [-0.25, -0.2) is 15.0 Å². The van der Waals surface area contributed by atoms with Crippen LogP contribution in [0.2, 0.25) is 0 Å². The summed E-state index contributed by atoms with van der Waals surface area (Å²) in [5, 5.41) is 27.0. The van der Waals surface area contributed by atoms with Crippen molar-refractivity contribution in [2.24, 2.45) is 26.8 Å². The van der Waals surface area contributed by atoms with Gasteiger partial charge in [-0.05, 0) is 74.1 Å². The highest BCUT2D eigenvalue weighted by molar-refractivity contribution is 6.27. The smallest absolute Gasteiger partial charge is 0.210 e. The number of ketones is 1. The molecule has 7 aliphatic rings. The maximum absolute atomic E-state index is 13.4. The number of hydrogen-bond donors (Lipinski definition) is 3. The molecule has 7 rings (SSSR count). The lowest BCUT2D eigenvalue weighted by Crippen LogP contribution is -2.41. The summed E-state index contributed by atoms with van der Waals surface area (Å²) in [6.45, 7) is 14.3. The van der Waals surface area contributed by atoms with Crippen molar-refractivity contribution in [3.63, 3.8) is 0 Å². The summed E-state index contributed by atoms with van der Waals surface area (Å²) in [7, 11) is 0. The zero-order valence-corrected chi connectivity index (χ0v) is 23.4. The van der Waals surface area contributed by atoms with E-state index in [0.717, 1.165) is 68.5 Å². The van der Waals surface area contributed by atoms with Crippen molar-refractivity contribution < 1.29 is 15.0 Å². The Hall–Kier alpha value is -4.10. The second-order valence-corrected chi connectivity index (χ2v) is 11.5. The van der Waals surface area contributed by atoms with Gasteiger partial charge in [0.2, 0.25) is 5.60 Å². The zero-order chi connectivity index (χ0) is 28.2. The molecule has 7 nitrogen and oxygen atoms in total. The molecule has 0 spiro atoms. The third kappa shape index (κ3) is 2.98. The van der Waals surface area contributed by atoms with Crippen LogP contribution >= 0.6 is 0 Å². The fraction of sp³-hybridized carbons (Fsp3) is 0.333. The number of nitrogens with zero attached hydrogens (tertiary/aromatic N) is 3. The van der Waals surface area contributed by atoms with E-state index in [1.54, 1.807) is 0 Å². The summed E-state index contributed by atoms with van der Waals surface area (Å²) in [5.41, 5.74) is 9.85. The van der Waals surface area contributed by atoms with E-state index in [2.05, 4.69) is 45.7 Å². The number of nitrogens with one attached hydrogen (secondary N) is 1. The monoisotopic (exact) mass is 532 g/mol. The first-order chi connectivity index (χ1) is 19.1. The zero-order valence-electron chi connectivity index (χ0n) is 23.4. The van der Waals surface area contributed by atoms with Gasteiger partial charge in [-0.3, -0.25) is 4.79 Å². The lowest BCUT2D eigenvalue weighted by Gasteiger charge is -2.24. The molecule has 0 aromatic rings. The Morgan fingerprint density at radius 3 is 2.52 bits per heavy atom. The fourth-order valence-electron chi connectivity index (χ4n) is 7.20. The maximum Gasteiger partial charge on any atom is 0.210 e. The van der Waals surface area contributed by atoms with E-state index in [1.165, 1.54) is 0 Å². The number of carbonyl (C=O) groups is 1. The van der Waals surface area contributed by atoms with Crippen LogP contribution in [-0.4, -0.2) is 38.7 Å². The van der Waals surface area contributed by atoms with E-state index in [1.807, 2.05) is 25.2 Å². The highest BCUT2D eigenvalue weighted by Gasteiger charge is 2.59. The molecule has 0 aromatic carbocycles. The van der Waals surface area contributed by atoms with Gasteiger partial charge in [0.05, 0.1) is 34.2 Å². The molecule has 0 amide bonds. The van der Waals surface area contributed by atoms with Crippen LogP contribution in [-0.2, 0) is 4.79 Å². The Bertz CT molecular complexity index is 1740. The summed E-state index contributed by atoms with van der Waals surface area (Å²) < 4.78 is 0. The van der Waals surface area contributed by atoms with Crippen molar-refractivity contribution in [3.05, 3.63) is 104 Å². The van der Waals surface area contributed by atoms with Gasteiger partial charge in [0, 0.05) is 46.4 Å². The van der Waals surface area contributed by atoms with Crippen LogP contribution in [0.1, 0.15) is 53.9 Å². The molecule has 3 N–H and O–H groups in total. The Labute approximate surface area is 233 Å². The van der Waals surface area contributed by atoms with Crippen LogP contribution in [0.5, 0.6) is 0 Å². The largest absolute Gasteiger partial charge is 0.508 e. The highest BCUT2D eigenvalue weighted by Crippen LogP contribution is 2.52. The third-order valence-electron chi connectivity index (χ3n) is 9.59. The molecular formula is C33H32N4O3. The molecule has 8 bridgehead atoms. The molecule has 3 atom stereocenters. The van der Waals surface area contributed by atoms with E-state index in [0.29, 0.717) is 29.0 Å². The molecule has 0 saturated carbocycles. The molecule has 202 valence electrons. The van der Waals surface area contributed by atoms with Gasteiger partial charge < -0.3 is 15.5 Å². The molecule has 2 aliphatic carbocycles. The SMILES string of the molecule is C=CC1=C(C)C2=NC1=CC1=NC(=CC3=C(C)C4=C(O)C5(O)C(=O)CCC6C(=C5C4=N3)NC(=C2)C6C)C(CC)=C1C. The van der Waals surface area contributed by atoms with Crippen molar-refractivity contribution in [2.75, 3.05) is 0 Å². The normalized spacial score (nSPS) is 30.6. The van der Waals surface area contributed by atoms with Gasteiger partial charge in [0.1, 0.15) is 5.76 Å². The van der Waals surface area contributed by atoms with Crippen molar-refractivity contribution in [2.45, 2.75) is 59.5 Å². The van der Waals surface area contributed by atoms with Crippen LogP contribution in [0.3, 0.4) is 0 Å². The number of Topliss-reactive ketones (excluding diaryl/α,β-unsaturated/α-hetero) is 1.